The highest BCUT2D eigenvalue weighted by Gasteiger charge is 2.31. The fourth-order valence-electron chi connectivity index (χ4n) is 2.31. The number of nitrogens with one attached hydrogen (secondary N) is 1. The first-order chi connectivity index (χ1) is 8.93. The van der Waals surface area contributed by atoms with Gasteiger partial charge < -0.3 is 5.32 Å². The molecule has 1 saturated heterocycles. The summed E-state index contributed by atoms with van der Waals surface area (Å²) in [6, 6.07) is 2.17. The van der Waals surface area contributed by atoms with Crippen LogP contribution in [0, 0.1) is 13.8 Å². The summed E-state index contributed by atoms with van der Waals surface area (Å²) >= 11 is 0. The van der Waals surface area contributed by atoms with Crippen molar-refractivity contribution in [2.75, 3.05) is 20.1 Å². The third-order valence-electron chi connectivity index (χ3n) is 3.39. The van der Waals surface area contributed by atoms with Gasteiger partial charge in [-0.05, 0) is 39.8 Å². The van der Waals surface area contributed by atoms with Crippen LogP contribution >= 0.6 is 12.4 Å². The molecule has 0 radical (unpaired) electrons. The van der Waals surface area contributed by atoms with Gasteiger partial charge in [0.1, 0.15) is 0 Å². The average molecular weight is 321 g/mol. The van der Waals surface area contributed by atoms with Crippen LogP contribution in [-0.2, 0) is 10.0 Å². The smallest absolute Gasteiger partial charge is 0.278 e. The lowest BCUT2D eigenvalue weighted by molar-refractivity contribution is 0.297. The highest BCUT2D eigenvalue weighted by molar-refractivity contribution is 7.88. The molecule has 0 bridgehead atoms. The van der Waals surface area contributed by atoms with Crippen LogP contribution in [0.5, 0.6) is 0 Å². The zero-order valence-electron chi connectivity index (χ0n) is 12.0. The van der Waals surface area contributed by atoms with Gasteiger partial charge in [-0.25, -0.2) is 18.4 Å². The Balaban J connectivity index is 0.00000200. The molecule has 1 aliphatic rings. The number of nitrogens with zero attached hydrogens (tertiary/aromatic N) is 3. The maximum absolute atomic E-state index is 12.5. The lowest BCUT2D eigenvalue weighted by atomic mass is 10.1. The van der Waals surface area contributed by atoms with Crippen molar-refractivity contribution in [3.05, 3.63) is 17.5 Å². The van der Waals surface area contributed by atoms with Crippen molar-refractivity contribution in [1.29, 1.82) is 0 Å². The minimum Gasteiger partial charge on any atom is -0.317 e. The van der Waals surface area contributed by atoms with E-state index in [1.54, 1.807) is 19.9 Å². The molecular formula is C12H21ClN4O2S. The van der Waals surface area contributed by atoms with E-state index in [9.17, 15) is 8.42 Å². The van der Waals surface area contributed by atoms with Gasteiger partial charge in [0.2, 0.25) is 0 Å². The number of aromatic nitrogens is 2. The van der Waals surface area contributed by atoms with Crippen LogP contribution in [0.3, 0.4) is 0 Å². The number of sulfonamides is 1. The summed E-state index contributed by atoms with van der Waals surface area (Å²) < 4.78 is 26.4. The number of hydrogen-bond donors (Lipinski definition) is 1. The lowest BCUT2D eigenvalue weighted by Gasteiger charge is -2.30. The van der Waals surface area contributed by atoms with Gasteiger partial charge in [-0.15, -0.1) is 12.4 Å². The van der Waals surface area contributed by atoms with Gasteiger partial charge in [0.05, 0.1) is 0 Å². The molecule has 8 heteroatoms. The number of piperidine rings is 1. The summed E-state index contributed by atoms with van der Waals surface area (Å²) in [6.07, 6.45) is 1.64. The molecule has 0 saturated carbocycles. The van der Waals surface area contributed by atoms with Crippen LogP contribution in [0.25, 0.3) is 0 Å². The van der Waals surface area contributed by atoms with Crippen molar-refractivity contribution in [2.45, 2.75) is 37.9 Å². The van der Waals surface area contributed by atoms with Crippen molar-refractivity contribution < 1.29 is 8.42 Å². The van der Waals surface area contributed by atoms with Crippen molar-refractivity contribution in [3.63, 3.8) is 0 Å². The molecule has 20 heavy (non-hydrogen) atoms. The number of halogens is 1. The minimum atomic E-state index is -3.56. The molecule has 0 aliphatic carbocycles. The standard InChI is InChI=1S/C12H20N4O2S.ClH/c1-9-8-10(2)15-12(14-9)19(17,18)16-6-4-11(13-3)5-7-16;/h8,11,13H,4-7H2,1-3H3;1H. The molecule has 114 valence electrons. The first-order valence-corrected chi connectivity index (χ1v) is 7.87. The zero-order valence-corrected chi connectivity index (χ0v) is 13.6. The van der Waals surface area contributed by atoms with Gasteiger partial charge in [0, 0.05) is 30.5 Å². The Kier molecular flexibility index (Phi) is 5.88. The number of aryl methyl sites for hydroxylation is 2. The van der Waals surface area contributed by atoms with Crippen molar-refractivity contribution in [1.82, 2.24) is 19.6 Å². The third-order valence-corrected chi connectivity index (χ3v) is 5.08. The van der Waals surface area contributed by atoms with Gasteiger partial charge in [-0.2, -0.15) is 4.31 Å². The monoisotopic (exact) mass is 320 g/mol. The molecule has 0 unspecified atom stereocenters. The first kappa shape index (κ1) is 17.3. The van der Waals surface area contributed by atoms with E-state index in [0.29, 0.717) is 30.5 Å². The van der Waals surface area contributed by atoms with Gasteiger partial charge in [-0.3, -0.25) is 0 Å². The molecule has 0 atom stereocenters. The van der Waals surface area contributed by atoms with Crippen molar-refractivity contribution in [2.24, 2.45) is 0 Å². The van der Waals surface area contributed by atoms with Crippen LogP contribution in [0.1, 0.15) is 24.2 Å². The molecule has 1 aromatic heterocycles. The normalized spacial score (nSPS) is 17.8. The molecule has 0 spiro atoms. The average Bonchev–Trinajstić information content (AvgIpc) is 2.37. The van der Waals surface area contributed by atoms with Crippen LogP contribution in [0.4, 0.5) is 0 Å². The van der Waals surface area contributed by atoms with E-state index in [2.05, 4.69) is 15.3 Å². The second-order valence-corrected chi connectivity index (χ2v) is 6.73. The summed E-state index contributed by atoms with van der Waals surface area (Å²) in [5.41, 5.74) is 1.35. The molecule has 0 amide bonds. The van der Waals surface area contributed by atoms with Gasteiger partial charge in [-0.1, -0.05) is 0 Å². The third kappa shape index (κ3) is 3.66. The molecule has 1 fully saturated rings. The van der Waals surface area contributed by atoms with Crippen LogP contribution in [0.15, 0.2) is 11.2 Å². The van der Waals surface area contributed by atoms with E-state index in [1.165, 1.54) is 4.31 Å². The second kappa shape index (κ2) is 6.80. The first-order valence-electron chi connectivity index (χ1n) is 6.43. The Morgan fingerprint density at radius 2 is 1.70 bits per heavy atom. The van der Waals surface area contributed by atoms with Crippen LogP contribution in [0.2, 0.25) is 0 Å². The van der Waals surface area contributed by atoms with E-state index >= 15 is 0 Å². The topological polar surface area (TPSA) is 75.2 Å². The summed E-state index contributed by atoms with van der Waals surface area (Å²) in [7, 11) is -1.65. The largest absolute Gasteiger partial charge is 0.317 e. The predicted octanol–water partition coefficient (Wildman–Crippen LogP) is 0.888. The predicted molar refractivity (Wildman–Crippen MR) is 79.6 cm³/mol. The second-order valence-electron chi connectivity index (χ2n) is 4.90. The minimum absolute atomic E-state index is 0. The lowest BCUT2D eigenvalue weighted by Crippen LogP contribution is -2.44. The SMILES string of the molecule is CNC1CCN(S(=O)(=O)c2nc(C)cc(C)n2)CC1.Cl. The Bertz CT molecular complexity index is 536. The van der Waals surface area contributed by atoms with Crippen LogP contribution in [-0.4, -0.2) is 48.9 Å². The number of rotatable bonds is 3. The van der Waals surface area contributed by atoms with Crippen LogP contribution < -0.4 is 5.32 Å². The highest BCUT2D eigenvalue weighted by atomic mass is 35.5. The maximum atomic E-state index is 12.5. The Labute approximate surface area is 126 Å². The summed E-state index contributed by atoms with van der Waals surface area (Å²) in [5.74, 6) is 0. The van der Waals surface area contributed by atoms with E-state index < -0.39 is 10.0 Å². The van der Waals surface area contributed by atoms with Crippen molar-refractivity contribution >= 4 is 22.4 Å². The summed E-state index contributed by atoms with van der Waals surface area (Å²) in [5, 5.41) is 3.11. The Hall–Kier alpha value is -0.760. The Morgan fingerprint density at radius 3 is 2.15 bits per heavy atom. The highest BCUT2D eigenvalue weighted by Crippen LogP contribution is 2.18. The van der Waals surface area contributed by atoms with Gasteiger partial charge >= 0.3 is 0 Å². The summed E-state index contributed by atoms with van der Waals surface area (Å²) in [4.78, 5) is 8.13. The Morgan fingerprint density at radius 1 is 1.20 bits per heavy atom. The van der Waals surface area contributed by atoms with Gasteiger partial charge in [0.15, 0.2) is 0 Å². The molecule has 1 N–H and O–H groups in total. The molecule has 2 heterocycles. The quantitative estimate of drug-likeness (QED) is 0.837. The molecule has 6 nitrogen and oxygen atoms in total. The molecule has 2 rings (SSSR count). The maximum Gasteiger partial charge on any atom is 0.278 e. The van der Waals surface area contributed by atoms with E-state index in [-0.39, 0.29) is 17.6 Å². The fraction of sp³-hybridized carbons (Fsp3) is 0.667. The number of hydrogen-bond acceptors (Lipinski definition) is 5. The fourth-order valence-corrected chi connectivity index (χ4v) is 3.75. The van der Waals surface area contributed by atoms with E-state index in [4.69, 9.17) is 0 Å². The molecular weight excluding hydrogens is 300 g/mol. The molecule has 0 aromatic carbocycles. The van der Waals surface area contributed by atoms with Crippen molar-refractivity contribution in [3.8, 4) is 0 Å². The molecule has 1 aliphatic heterocycles. The zero-order chi connectivity index (χ0) is 14.0. The molecule has 1 aromatic rings. The van der Waals surface area contributed by atoms with E-state index in [1.807, 2.05) is 7.05 Å². The van der Waals surface area contributed by atoms with Gasteiger partial charge in [0.25, 0.3) is 15.2 Å². The summed E-state index contributed by atoms with van der Waals surface area (Å²) in [6.45, 7) is 4.59. The van der Waals surface area contributed by atoms with E-state index in [0.717, 1.165) is 12.8 Å².